The van der Waals surface area contributed by atoms with Gasteiger partial charge in [0.05, 0.1) is 25.3 Å². The molecular weight excluding hydrogens is 372 g/mol. The first-order chi connectivity index (χ1) is 13.0. The summed E-state index contributed by atoms with van der Waals surface area (Å²) in [4.78, 5) is 27.4. The number of carbonyl (C=O) groups excluding carboxylic acids is 2. The molecule has 1 saturated heterocycles. The van der Waals surface area contributed by atoms with Crippen molar-refractivity contribution in [1.82, 2.24) is 9.80 Å². The third-order valence-electron chi connectivity index (χ3n) is 4.08. The first kappa shape index (κ1) is 20.9. The van der Waals surface area contributed by atoms with E-state index >= 15 is 0 Å². The minimum absolute atomic E-state index is 0.123. The van der Waals surface area contributed by atoms with Gasteiger partial charge in [0.2, 0.25) is 5.91 Å². The van der Waals surface area contributed by atoms with Crippen LogP contribution >= 0.6 is 11.6 Å². The van der Waals surface area contributed by atoms with Gasteiger partial charge < -0.3 is 24.0 Å². The molecule has 0 spiro atoms. The average molecular weight is 397 g/mol. The van der Waals surface area contributed by atoms with Crippen LogP contribution in [0.2, 0.25) is 5.02 Å². The molecule has 0 unspecified atom stereocenters. The molecule has 1 heterocycles. The zero-order valence-corrected chi connectivity index (χ0v) is 16.6. The Kier molecular flexibility index (Phi) is 7.79. The molecule has 0 N–H and O–H groups in total. The number of hydrogen-bond donors (Lipinski definition) is 0. The Balaban J connectivity index is 1.99. The standard InChI is InChI=1S/C19H25ClN2O5/c1-4-26-18-15(20)12-14(13-16(18)25-3)6-7-17(23)21-8-10-22(11-9-21)19(24)27-5-2/h6-7,12-13H,4-5,8-11H2,1-3H3/b7-6+. The first-order valence-corrected chi connectivity index (χ1v) is 9.26. The lowest BCUT2D eigenvalue weighted by Gasteiger charge is -2.33. The molecule has 2 rings (SSSR count). The van der Waals surface area contributed by atoms with E-state index in [1.165, 1.54) is 13.2 Å². The van der Waals surface area contributed by atoms with Crippen LogP contribution < -0.4 is 9.47 Å². The van der Waals surface area contributed by atoms with Crippen molar-refractivity contribution >= 4 is 29.7 Å². The van der Waals surface area contributed by atoms with Gasteiger partial charge in [-0.05, 0) is 37.6 Å². The molecule has 27 heavy (non-hydrogen) atoms. The second-order valence-electron chi connectivity index (χ2n) is 5.81. The predicted octanol–water partition coefficient (Wildman–Crippen LogP) is 3.06. The Hall–Kier alpha value is -2.41. The molecule has 0 bridgehead atoms. The highest BCUT2D eigenvalue weighted by atomic mass is 35.5. The highest BCUT2D eigenvalue weighted by Gasteiger charge is 2.23. The maximum Gasteiger partial charge on any atom is 0.409 e. The molecule has 0 radical (unpaired) electrons. The fraction of sp³-hybridized carbons (Fsp3) is 0.474. The molecule has 1 fully saturated rings. The number of nitrogens with zero attached hydrogens (tertiary/aromatic N) is 2. The van der Waals surface area contributed by atoms with E-state index in [-0.39, 0.29) is 12.0 Å². The number of halogens is 1. The maximum atomic E-state index is 12.4. The second kappa shape index (κ2) is 10.1. The van der Waals surface area contributed by atoms with Gasteiger partial charge in [-0.2, -0.15) is 0 Å². The van der Waals surface area contributed by atoms with E-state index in [9.17, 15) is 9.59 Å². The fourth-order valence-corrected chi connectivity index (χ4v) is 2.99. The number of ether oxygens (including phenoxy) is 3. The van der Waals surface area contributed by atoms with Crippen LogP contribution in [0.15, 0.2) is 18.2 Å². The summed E-state index contributed by atoms with van der Waals surface area (Å²) in [5, 5.41) is 0.423. The molecule has 2 amide bonds. The van der Waals surface area contributed by atoms with Crippen LogP contribution in [0, 0.1) is 0 Å². The Morgan fingerprint density at radius 3 is 2.37 bits per heavy atom. The number of piperazine rings is 1. The third-order valence-corrected chi connectivity index (χ3v) is 4.36. The quantitative estimate of drug-likeness (QED) is 0.691. The van der Waals surface area contributed by atoms with E-state index in [0.29, 0.717) is 55.9 Å². The highest BCUT2D eigenvalue weighted by Crippen LogP contribution is 2.36. The lowest BCUT2D eigenvalue weighted by molar-refractivity contribution is -0.127. The number of carbonyl (C=O) groups is 2. The molecule has 1 aromatic rings. The predicted molar refractivity (Wildman–Crippen MR) is 103 cm³/mol. The molecule has 1 aliphatic heterocycles. The molecule has 1 aromatic carbocycles. The van der Waals surface area contributed by atoms with Gasteiger partial charge >= 0.3 is 6.09 Å². The van der Waals surface area contributed by atoms with Crippen LogP contribution in [0.5, 0.6) is 11.5 Å². The molecule has 148 valence electrons. The second-order valence-corrected chi connectivity index (χ2v) is 6.22. The topological polar surface area (TPSA) is 68.3 Å². The summed E-state index contributed by atoms with van der Waals surface area (Å²) in [6, 6.07) is 3.48. The van der Waals surface area contributed by atoms with Crippen LogP contribution in [-0.4, -0.2) is 68.3 Å². The fourth-order valence-electron chi connectivity index (χ4n) is 2.72. The molecule has 0 atom stereocenters. The first-order valence-electron chi connectivity index (χ1n) is 8.89. The van der Waals surface area contributed by atoms with E-state index in [4.69, 9.17) is 25.8 Å². The largest absolute Gasteiger partial charge is 0.493 e. The van der Waals surface area contributed by atoms with Gasteiger partial charge in [0, 0.05) is 32.3 Å². The lowest BCUT2D eigenvalue weighted by atomic mass is 10.1. The van der Waals surface area contributed by atoms with Gasteiger partial charge in [0.25, 0.3) is 0 Å². The van der Waals surface area contributed by atoms with Crippen molar-refractivity contribution in [1.29, 1.82) is 0 Å². The third kappa shape index (κ3) is 5.53. The number of rotatable bonds is 6. The van der Waals surface area contributed by atoms with Crippen LogP contribution in [0.1, 0.15) is 19.4 Å². The highest BCUT2D eigenvalue weighted by molar-refractivity contribution is 6.32. The number of benzene rings is 1. The van der Waals surface area contributed by atoms with Gasteiger partial charge in [-0.1, -0.05) is 11.6 Å². The lowest BCUT2D eigenvalue weighted by Crippen LogP contribution is -2.50. The van der Waals surface area contributed by atoms with Crippen LogP contribution in [0.3, 0.4) is 0 Å². The number of hydrogen-bond acceptors (Lipinski definition) is 5. The molecule has 0 aliphatic carbocycles. The van der Waals surface area contributed by atoms with E-state index in [1.807, 2.05) is 6.92 Å². The SMILES string of the molecule is CCOC(=O)N1CCN(C(=O)/C=C/c2cc(Cl)c(OCC)c(OC)c2)CC1. The number of amides is 2. The molecule has 1 aliphatic rings. The Morgan fingerprint density at radius 1 is 1.11 bits per heavy atom. The smallest absolute Gasteiger partial charge is 0.409 e. The van der Waals surface area contributed by atoms with Crippen LogP contribution in [0.25, 0.3) is 6.08 Å². The van der Waals surface area contributed by atoms with Crippen molar-refractivity contribution in [2.75, 3.05) is 46.5 Å². The van der Waals surface area contributed by atoms with Crippen molar-refractivity contribution in [2.45, 2.75) is 13.8 Å². The molecular formula is C19H25ClN2O5. The summed E-state index contributed by atoms with van der Waals surface area (Å²) in [5.74, 6) is 0.877. The van der Waals surface area contributed by atoms with E-state index in [0.717, 1.165) is 5.56 Å². The minimum atomic E-state index is -0.337. The normalized spacial score (nSPS) is 14.4. The monoisotopic (exact) mass is 396 g/mol. The van der Waals surface area contributed by atoms with E-state index in [2.05, 4.69) is 0 Å². The summed E-state index contributed by atoms with van der Waals surface area (Å²) >= 11 is 6.24. The number of methoxy groups -OCH3 is 1. The van der Waals surface area contributed by atoms with E-state index in [1.54, 1.807) is 34.9 Å². The van der Waals surface area contributed by atoms with Gasteiger partial charge in [-0.15, -0.1) is 0 Å². The summed E-state index contributed by atoms with van der Waals surface area (Å²) in [5.41, 5.74) is 0.735. The molecule has 8 heteroatoms. The van der Waals surface area contributed by atoms with Crippen molar-refractivity contribution in [3.05, 3.63) is 28.8 Å². The minimum Gasteiger partial charge on any atom is -0.493 e. The molecule has 0 aromatic heterocycles. The zero-order chi connectivity index (χ0) is 19.8. The Morgan fingerprint density at radius 2 is 1.78 bits per heavy atom. The van der Waals surface area contributed by atoms with Gasteiger partial charge in [0.1, 0.15) is 0 Å². The van der Waals surface area contributed by atoms with Crippen molar-refractivity contribution in [2.24, 2.45) is 0 Å². The van der Waals surface area contributed by atoms with E-state index < -0.39 is 0 Å². The average Bonchev–Trinajstić information content (AvgIpc) is 2.68. The Labute approximate surface area is 164 Å². The molecule has 7 nitrogen and oxygen atoms in total. The van der Waals surface area contributed by atoms with Crippen molar-refractivity contribution < 1.29 is 23.8 Å². The van der Waals surface area contributed by atoms with Gasteiger partial charge in [0.15, 0.2) is 11.5 Å². The summed E-state index contributed by atoms with van der Waals surface area (Å²) in [7, 11) is 1.54. The van der Waals surface area contributed by atoms with Gasteiger partial charge in [-0.3, -0.25) is 4.79 Å². The van der Waals surface area contributed by atoms with Gasteiger partial charge in [-0.25, -0.2) is 4.79 Å². The van der Waals surface area contributed by atoms with Crippen LogP contribution in [-0.2, 0) is 9.53 Å². The maximum absolute atomic E-state index is 12.4. The molecule has 0 saturated carbocycles. The van der Waals surface area contributed by atoms with Crippen molar-refractivity contribution in [3.8, 4) is 11.5 Å². The Bertz CT molecular complexity index is 700. The van der Waals surface area contributed by atoms with Crippen LogP contribution in [0.4, 0.5) is 4.79 Å². The zero-order valence-electron chi connectivity index (χ0n) is 15.9. The van der Waals surface area contributed by atoms with Crippen molar-refractivity contribution in [3.63, 3.8) is 0 Å². The summed E-state index contributed by atoms with van der Waals surface area (Å²) in [6.45, 7) is 6.30. The summed E-state index contributed by atoms with van der Waals surface area (Å²) < 4.78 is 15.8. The summed E-state index contributed by atoms with van der Waals surface area (Å²) in [6.07, 6.45) is 2.84.